The lowest BCUT2D eigenvalue weighted by molar-refractivity contribution is 0.192. The molecule has 7 nitrogen and oxygen atoms in total. The molecule has 0 bridgehead atoms. The Morgan fingerprint density at radius 2 is 1.71 bits per heavy atom. The molecule has 0 amide bonds. The second-order valence-electron chi connectivity index (χ2n) is 4.94. The van der Waals surface area contributed by atoms with Gasteiger partial charge in [-0.15, -0.1) is 0 Å². The fraction of sp³-hybridized carbons (Fsp3) is 0.786. The molecule has 0 aliphatic carbocycles. The van der Waals surface area contributed by atoms with Crippen molar-refractivity contribution in [3.05, 3.63) is 0 Å². The molecule has 21 heavy (non-hydrogen) atoms. The Hall–Kier alpha value is -1.63. The second kappa shape index (κ2) is 10.1. The van der Waals surface area contributed by atoms with Gasteiger partial charge in [0.05, 0.1) is 6.10 Å². The quantitative estimate of drug-likeness (QED) is 0.607. The fourth-order valence-corrected chi connectivity index (χ4v) is 1.68. The summed E-state index contributed by atoms with van der Waals surface area (Å²) in [7, 11) is 1.72. The average molecular weight is 297 g/mol. The molecule has 0 aliphatic heterocycles. The number of nitrogens with one attached hydrogen (secondary N) is 2. The Morgan fingerprint density at radius 1 is 1.00 bits per heavy atom. The molecule has 0 spiro atoms. The SMILES string of the molecule is CCNc1nc(NCCCCCOC)nc(OC(C)C)n1. The van der Waals surface area contributed by atoms with E-state index in [0.717, 1.165) is 39.0 Å². The highest BCUT2D eigenvalue weighted by atomic mass is 16.5. The van der Waals surface area contributed by atoms with Crippen LogP contribution in [0.5, 0.6) is 6.01 Å². The lowest BCUT2D eigenvalue weighted by Gasteiger charge is -2.11. The average Bonchev–Trinajstić information content (AvgIpc) is 2.42. The van der Waals surface area contributed by atoms with Gasteiger partial charge in [-0.2, -0.15) is 15.0 Å². The van der Waals surface area contributed by atoms with Gasteiger partial charge < -0.3 is 20.1 Å². The van der Waals surface area contributed by atoms with E-state index >= 15 is 0 Å². The van der Waals surface area contributed by atoms with Crippen LogP contribution in [-0.4, -0.2) is 47.9 Å². The zero-order valence-electron chi connectivity index (χ0n) is 13.5. The van der Waals surface area contributed by atoms with E-state index in [0.29, 0.717) is 17.9 Å². The second-order valence-corrected chi connectivity index (χ2v) is 4.94. The lowest BCUT2D eigenvalue weighted by Crippen LogP contribution is -2.14. The largest absolute Gasteiger partial charge is 0.461 e. The summed E-state index contributed by atoms with van der Waals surface area (Å²) in [5.41, 5.74) is 0. The number of methoxy groups -OCH3 is 1. The highest BCUT2D eigenvalue weighted by Crippen LogP contribution is 2.12. The van der Waals surface area contributed by atoms with Crippen LogP contribution >= 0.6 is 0 Å². The summed E-state index contributed by atoms with van der Waals surface area (Å²) < 4.78 is 10.6. The van der Waals surface area contributed by atoms with Crippen LogP contribution in [0.2, 0.25) is 0 Å². The Balaban J connectivity index is 2.52. The van der Waals surface area contributed by atoms with Crippen molar-refractivity contribution in [2.75, 3.05) is 37.4 Å². The molecule has 2 N–H and O–H groups in total. The number of unbranched alkanes of at least 4 members (excludes halogenated alkanes) is 2. The number of ether oxygens (including phenoxy) is 2. The van der Waals surface area contributed by atoms with Crippen LogP contribution in [0, 0.1) is 0 Å². The van der Waals surface area contributed by atoms with Crippen LogP contribution in [0.4, 0.5) is 11.9 Å². The van der Waals surface area contributed by atoms with Gasteiger partial charge in [0.25, 0.3) is 0 Å². The first kappa shape index (κ1) is 17.4. The Morgan fingerprint density at radius 3 is 2.33 bits per heavy atom. The van der Waals surface area contributed by atoms with Crippen molar-refractivity contribution in [3.63, 3.8) is 0 Å². The van der Waals surface area contributed by atoms with E-state index in [1.807, 2.05) is 20.8 Å². The van der Waals surface area contributed by atoms with Crippen LogP contribution < -0.4 is 15.4 Å². The third kappa shape index (κ3) is 7.65. The van der Waals surface area contributed by atoms with Gasteiger partial charge in [-0.25, -0.2) is 0 Å². The predicted octanol–water partition coefficient (Wildman–Crippen LogP) is 2.32. The highest BCUT2D eigenvalue weighted by Gasteiger charge is 2.08. The standard InChI is InChI=1S/C14H27N5O2/c1-5-15-12-17-13(16-9-7-6-8-10-20-4)19-14(18-12)21-11(2)3/h11H,5-10H2,1-4H3,(H2,15,16,17,18,19). The van der Waals surface area contributed by atoms with Crippen molar-refractivity contribution in [1.29, 1.82) is 0 Å². The van der Waals surface area contributed by atoms with E-state index in [2.05, 4.69) is 25.6 Å². The molecule has 1 aromatic heterocycles. The van der Waals surface area contributed by atoms with Crippen LogP contribution in [0.25, 0.3) is 0 Å². The van der Waals surface area contributed by atoms with E-state index in [9.17, 15) is 0 Å². The van der Waals surface area contributed by atoms with Crippen LogP contribution in [-0.2, 0) is 4.74 Å². The smallest absolute Gasteiger partial charge is 0.323 e. The summed E-state index contributed by atoms with van der Waals surface area (Å²) in [6, 6.07) is 0.345. The molecule has 0 unspecified atom stereocenters. The third-order valence-electron chi connectivity index (χ3n) is 2.60. The van der Waals surface area contributed by atoms with Gasteiger partial charge in [0.2, 0.25) is 11.9 Å². The zero-order chi connectivity index (χ0) is 15.5. The zero-order valence-corrected chi connectivity index (χ0v) is 13.5. The summed E-state index contributed by atoms with van der Waals surface area (Å²) >= 11 is 0. The fourth-order valence-electron chi connectivity index (χ4n) is 1.68. The van der Waals surface area contributed by atoms with Crippen molar-refractivity contribution in [1.82, 2.24) is 15.0 Å². The van der Waals surface area contributed by atoms with Gasteiger partial charge in [-0.3, -0.25) is 0 Å². The summed E-state index contributed by atoms with van der Waals surface area (Å²) in [4.78, 5) is 12.8. The van der Waals surface area contributed by atoms with E-state index in [-0.39, 0.29) is 6.10 Å². The maximum Gasteiger partial charge on any atom is 0.323 e. The van der Waals surface area contributed by atoms with E-state index in [1.165, 1.54) is 0 Å². The first-order valence-corrected chi connectivity index (χ1v) is 7.55. The molecule has 0 aromatic carbocycles. The van der Waals surface area contributed by atoms with Crippen molar-refractivity contribution in [2.45, 2.75) is 46.1 Å². The van der Waals surface area contributed by atoms with Crippen molar-refractivity contribution < 1.29 is 9.47 Å². The first-order chi connectivity index (χ1) is 10.2. The molecular formula is C14H27N5O2. The first-order valence-electron chi connectivity index (χ1n) is 7.55. The van der Waals surface area contributed by atoms with Gasteiger partial charge in [-0.05, 0) is 40.0 Å². The highest BCUT2D eigenvalue weighted by molar-refractivity contribution is 5.35. The molecule has 1 aromatic rings. The minimum atomic E-state index is 0.0313. The van der Waals surface area contributed by atoms with E-state index in [1.54, 1.807) is 7.11 Å². The normalized spacial score (nSPS) is 10.7. The molecule has 120 valence electrons. The Labute approximate surface area is 126 Å². The number of aromatic nitrogens is 3. The van der Waals surface area contributed by atoms with E-state index in [4.69, 9.17) is 9.47 Å². The maximum atomic E-state index is 5.54. The van der Waals surface area contributed by atoms with Gasteiger partial charge in [-0.1, -0.05) is 0 Å². The van der Waals surface area contributed by atoms with Crippen molar-refractivity contribution in [3.8, 4) is 6.01 Å². The maximum absolute atomic E-state index is 5.54. The summed E-state index contributed by atoms with van der Waals surface area (Å²) in [6.07, 6.45) is 3.26. The topological polar surface area (TPSA) is 81.2 Å². The Bertz CT molecular complexity index is 401. The number of hydrogen-bond donors (Lipinski definition) is 2. The summed E-state index contributed by atoms with van der Waals surface area (Å²) in [5.74, 6) is 1.08. The number of rotatable bonds is 11. The molecule has 0 saturated heterocycles. The number of nitrogens with zero attached hydrogens (tertiary/aromatic N) is 3. The van der Waals surface area contributed by atoms with Crippen molar-refractivity contribution in [2.24, 2.45) is 0 Å². The molecule has 7 heteroatoms. The van der Waals surface area contributed by atoms with Crippen LogP contribution in [0.1, 0.15) is 40.0 Å². The minimum Gasteiger partial charge on any atom is -0.461 e. The lowest BCUT2D eigenvalue weighted by atomic mass is 10.2. The molecule has 0 aliphatic rings. The monoisotopic (exact) mass is 297 g/mol. The van der Waals surface area contributed by atoms with Gasteiger partial charge in [0.15, 0.2) is 0 Å². The minimum absolute atomic E-state index is 0.0313. The number of hydrogen-bond acceptors (Lipinski definition) is 7. The van der Waals surface area contributed by atoms with Gasteiger partial charge in [0, 0.05) is 26.8 Å². The predicted molar refractivity (Wildman–Crippen MR) is 84.0 cm³/mol. The van der Waals surface area contributed by atoms with Crippen LogP contribution in [0.3, 0.4) is 0 Å². The molecular weight excluding hydrogens is 270 g/mol. The molecule has 0 atom stereocenters. The molecule has 1 rings (SSSR count). The van der Waals surface area contributed by atoms with Crippen molar-refractivity contribution >= 4 is 11.9 Å². The summed E-state index contributed by atoms with van der Waals surface area (Å²) in [5, 5.41) is 6.29. The van der Waals surface area contributed by atoms with E-state index < -0.39 is 0 Å². The van der Waals surface area contributed by atoms with Crippen LogP contribution in [0.15, 0.2) is 0 Å². The molecule has 0 radical (unpaired) electrons. The molecule has 1 heterocycles. The Kier molecular flexibility index (Phi) is 8.42. The number of anilines is 2. The van der Waals surface area contributed by atoms with Gasteiger partial charge >= 0.3 is 6.01 Å². The summed E-state index contributed by atoms with van der Waals surface area (Å²) in [6.45, 7) is 8.26. The third-order valence-corrected chi connectivity index (χ3v) is 2.60. The molecule has 0 fully saturated rings. The van der Waals surface area contributed by atoms with Gasteiger partial charge in [0.1, 0.15) is 0 Å². The molecule has 0 saturated carbocycles.